The van der Waals surface area contributed by atoms with Gasteiger partial charge in [-0.05, 0) is 81.3 Å². The number of halogens is 3. The highest BCUT2D eigenvalue weighted by Gasteiger charge is 2.38. The Balaban J connectivity index is 1.44. The number of carbonyl (C=O) groups excluding carboxylic acids is 3. The van der Waals surface area contributed by atoms with Crippen LogP contribution in [0, 0.1) is 11.6 Å². The quantitative estimate of drug-likeness (QED) is 0.253. The smallest absolute Gasteiger partial charge is 0.338 e. The zero-order chi connectivity index (χ0) is 31.3. The van der Waals surface area contributed by atoms with Gasteiger partial charge in [0.15, 0.2) is 11.6 Å². The molecule has 0 fully saturated rings. The number of hydrogen-bond donors (Lipinski definition) is 1. The number of carbonyl (C=O) groups is 3. The number of hydrogen-bond acceptors (Lipinski definition) is 5. The van der Waals surface area contributed by atoms with E-state index in [1.807, 2.05) is 0 Å². The maximum Gasteiger partial charge on any atom is 0.338 e. The van der Waals surface area contributed by atoms with Crippen LogP contribution < -0.4 is 10.1 Å². The molecule has 0 aliphatic carbocycles. The first-order chi connectivity index (χ1) is 20.4. The van der Waals surface area contributed by atoms with Crippen LogP contribution in [0.15, 0.2) is 78.0 Å². The summed E-state index contributed by atoms with van der Waals surface area (Å²) in [5.74, 6) is -2.22. The van der Waals surface area contributed by atoms with Gasteiger partial charge in [0, 0.05) is 42.5 Å². The molecular weight excluding hydrogens is 580 g/mol. The fourth-order valence-electron chi connectivity index (χ4n) is 4.72. The van der Waals surface area contributed by atoms with Crippen LogP contribution in [0.2, 0.25) is 5.02 Å². The molecule has 1 heterocycles. The molecule has 11 heteroatoms. The van der Waals surface area contributed by atoms with Gasteiger partial charge in [-0.15, -0.1) is 0 Å². The number of nitrogens with one attached hydrogen (secondary N) is 1. The first-order valence-electron chi connectivity index (χ1n) is 13.7. The fraction of sp³-hybridized carbons (Fsp3) is 0.281. The van der Waals surface area contributed by atoms with Gasteiger partial charge < -0.3 is 24.6 Å². The molecule has 0 saturated heterocycles. The third-order valence-electron chi connectivity index (χ3n) is 6.73. The Labute approximate surface area is 253 Å². The topological polar surface area (TPSA) is 88.2 Å². The highest BCUT2D eigenvalue weighted by molar-refractivity contribution is 6.30. The minimum atomic E-state index is -0.838. The maximum atomic E-state index is 13.9. The molecule has 1 atom stereocenters. The van der Waals surface area contributed by atoms with E-state index in [1.165, 1.54) is 28.0 Å². The number of benzene rings is 3. The summed E-state index contributed by atoms with van der Waals surface area (Å²) in [6.45, 7) is 5.68. The number of allylic oxidation sites excluding steroid dienone is 1. The summed E-state index contributed by atoms with van der Waals surface area (Å²) in [5, 5.41) is 3.22. The van der Waals surface area contributed by atoms with Crippen molar-refractivity contribution in [2.24, 2.45) is 0 Å². The van der Waals surface area contributed by atoms with Crippen molar-refractivity contribution in [2.75, 3.05) is 20.1 Å². The van der Waals surface area contributed by atoms with E-state index in [0.29, 0.717) is 40.4 Å². The lowest BCUT2D eigenvalue weighted by atomic mass is 9.93. The molecule has 0 aromatic heterocycles. The van der Waals surface area contributed by atoms with E-state index in [9.17, 15) is 23.2 Å². The third-order valence-corrected chi connectivity index (χ3v) is 6.97. The van der Waals surface area contributed by atoms with E-state index in [0.717, 1.165) is 12.1 Å². The molecule has 0 spiro atoms. The summed E-state index contributed by atoms with van der Waals surface area (Å²) in [4.78, 5) is 42.4. The zero-order valence-corrected chi connectivity index (χ0v) is 25.0. The van der Waals surface area contributed by atoms with E-state index in [4.69, 9.17) is 21.1 Å². The van der Waals surface area contributed by atoms with Gasteiger partial charge in [-0.25, -0.2) is 18.4 Å². The lowest BCUT2D eigenvalue weighted by molar-refractivity contribution is -0.143. The molecule has 8 nitrogen and oxygen atoms in total. The van der Waals surface area contributed by atoms with Crippen molar-refractivity contribution in [3.05, 3.63) is 106 Å². The predicted octanol–water partition coefficient (Wildman–Crippen LogP) is 6.86. The normalized spacial score (nSPS) is 14.9. The van der Waals surface area contributed by atoms with Crippen molar-refractivity contribution in [1.82, 2.24) is 15.1 Å². The lowest BCUT2D eigenvalue weighted by Crippen LogP contribution is -2.49. The third kappa shape index (κ3) is 7.70. The molecule has 1 unspecified atom stereocenters. The Kier molecular flexibility index (Phi) is 10.0. The van der Waals surface area contributed by atoms with E-state index >= 15 is 0 Å². The second-order valence-corrected chi connectivity index (χ2v) is 10.8. The number of urea groups is 1. The van der Waals surface area contributed by atoms with Crippen molar-refractivity contribution in [1.29, 1.82) is 0 Å². The molecule has 3 amide bonds. The van der Waals surface area contributed by atoms with Crippen LogP contribution in [0.25, 0.3) is 0 Å². The van der Waals surface area contributed by atoms with Crippen LogP contribution in [-0.4, -0.2) is 53.9 Å². The molecule has 3 aromatic carbocycles. The minimum absolute atomic E-state index is 0.138. The van der Waals surface area contributed by atoms with Gasteiger partial charge in [0.2, 0.25) is 0 Å². The number of ether oxygens (including phenoxy) is 2. The zero-order valence-electron chi connectivity index (χ0n) is 24.2. The van der Waals surface area contributed by atoms with Gasteiger partial charge in [0.1, 0.15) is 11.6 Å². The molecule has 226 valence electrons. The van der Waals surface area contributed by atoms with Gasteiger partial charge in [0.05, 0.1) is 17.7 Å². The molecule has 3 aromatic rings. The van der Waals surface area contributed by atoms with Crippen LogP contribution in [0.3, 0.4) is 0 Å². The molecule has 0 radical (unpaired) electrons. The van der Waals surface area contributed by atoms with Crippen molar-refractivity contribution in [3.63, 3.8) is 0 Å². The SMILES string of the molecule is CC1=C(C(=O)OC(C)C)C(c2cccc(Cl)c2)N(CCCN(C)C(=O)c2ccc(Oc3ccc(F)cc3F)cc2)C(=O)N1. The summed E-state index contributed by atoms with van der Waals surface area (Å²) < 4.78 is 38.0. The largest absolute Gasteiger partial charge is 0.459 e. The monoisotopic (exact) mass is 611 g/mol. The minimum Gasteiger partial charge on any atom is -0.459 e. The Morgan fingerprint density at radius 3 is 2.44 bits per heavy atom. The van der Waals surface area contributed by atoms with E-state index < -0.39 is 23.6 Å². The number of esters is 1. The van der Waals surface area contributed by atoms with Crippen LogP contribution >= 0.6 is 11.6 Å². The average molecular weight is 612 g/mol. The fourth-order valence-corrected chi connectivity index (χ4v) is 4.92. The number of amides is 3. The second-order valence-electron chi connectivity index (χ2n) is 10.4. The van der Waals surface area contributed by atoms with Crippen molar-refractivity contribution in [3.8, 4) is 11.5 Å². The van der Waals surface area contributed by atoms with Gasteiger partial charge in [0.25, 0.3) is 5.91 Å². The molecule has 4 rings (SSSR count). The molecule has 1 aliphatic rings. The van der Waals surface area contributed by atoms with Crippen LogP contribution in [0.1, 0.15) is 49.2 Å². The highest BCUT2D eigenvalue weighted by atomic mass is 35.5. The highest BCUT2D eigenvalue weighted by Crippen LogP contribution is 2.35. The van der Waals surface area contributed by atoms with Gasteiger partial charge in [-0.1, -0.05) is 23.7 Å². The molecule has 1 aliphatic heterocycles. The predicted molar refractivity (Wildman–Crippen MR) is 158 cm³/mol. The Morgan fingerprint density at radius 2 is 1.79 bits per heavy atom. The summed E-state index contributed by atoms with van der Waals surface area (Å²) in [6, 6.07) is 15.0. The van der Waals surface area contributed by atoms with E-state index in [-0.39, 0.29) is 36.1 Å². The number of nitrogens with zero attached hydrogens (tertiary/aromatic N) is 2. The Hall–Kier alpha value is -4.44. The first-order valence-corrected chi connectivity index (χ1v) is 14.1. The van der Waals surface area contributed by atoms with Crippen molar-refractivity contribution in [2.45, 2.75) is 39.3 Å². The van der Waals surface area contributed by atoms with E-state index in [1.54, 1.807) is 64.2 Å². The molecule has 1 N–H and O–H groups in total. The summed E-state index contributed by atoms with van der Waals surface area (Å²) in [6.07, 6.45) is 0.0480. The van der Waals surface area contributed by atoms with Crippen molar-refractivity contribution >= 4 is 29.5 Å². The van der Waals surface area contributed by atoms with Crippen LogP contribution in [0.4, 0.5) is 13.6 Å². The summed E-state index contributed by atoms with van der Waals surface area (Å²) in [7, 11) is 1.64. The van der Waals surface area contributed by atoms with Crippen molar-refractivity contribution < 1.29 is 32.6 Å². The second kappa shape index (κ2) is 13.7. The molecule has 0 saturated carbocycles. The van der Waals surface area contributed by atoms with E-state index in [2.05, 4.69) is 5.32 Å². The van der Waals surface area contributed by atoms with Crippen LogP contribution in [-0.2, 0) is 9.53 Å². The van der Waals surface area contributed by atoms with Gasteiger partial charge in [-0.2, -0.15) is 0 Å². The molecule has 0 bridgehead atoms. The van der Waals surface area contributed by atoms with Gasteiger partial charge in [-0.3, -0.25) is 4.79 Å². The Morgan fingerprint density at radius 1 is 1.07 bits per heavy atom. The Bertz CT molecular complexity index is 1540. The average Bonchev–Trinajstić information content (AvgIpc) is 2.94. The standard InChI is InChI=1S/C32H32ClF2N3O5/c1-19(2)42-31(40)28-20(3)36-32(41)38(29(28)22-7-5-8-23(33)17-22)16-6-15-37(4)30(39)21-9-12-25(13-10-21)43-27-14-11-24(34)18-26(27)35/h5,7-14,17-19,29H,6,15-16H2,1-4H3,(H,36,41). The molecular formula is C32H32ClF2N3O5. The summed E-state index contributed by atoms with van der Waals surface area (Å²) in [5.41, 5.74) is 1.74. The maximum absolute atomic E-state index is 13.9. The first kappa shape index (κ1) is 31.5. The van der Waals surface area contributed by atoms with Gasteiger partial charge >= 0.3 is 12.0 Å². The molecule has 43 heavy (non-hydrogen) atoms. The lowest BCUT2D eigenvalue weighted by Gasteiger charge is -2.38. The van der Waals surface area contributed by atoms with Crippen LogP contribution in [0.5, 0.6) is 11.5 Å². The summed E-state index contributed by atoms with van der Waals surface area (Å²) >= 11 is 6.26. The number of rotatable bonds is 10.